The summed E-state index contributed by atoms with van der Waals surface area (Å²) in [4.78, 5) is 32.0. The van der Waals surface area contributed by atoms with Gasteiger partial charge in [0.25, 0.3) is 5.91 Å². The molecule has 2 N–H and O–H groups in total. The van der Waals surface area contributed by atoms with Crippen molar-refractivity contribution in [2.45, 2.75) is 25.9 Å². The predicted octanol–water partition coefficient (Wildman–Crippen LogP) is 7.65. The first kappa shape index (κ1) is 28.6. The Balaban J connectivity index is 1.25. The van der Waals surface area contributed by atoms with Gasteiger partial charge >= 0.3 is 0 Å². The quantitative estimate of drug-likeness (QED) is 0.176. The predicted molar refractivity (Wildman–Crippen MR) is 159 cm³/mol. The number of rotatable bonds is 7. The highest BCUT2D eigenvalue weighted by atomic mass is 35.5. The number of piperidine rings is 1. The maximum absolute atomic E-state index is 14.0. The van der Waals surface area contributed by atoms with Gasteiger partial charge < -0.3 is 15.4 Å². The Labute approximate surface area is 247 Å². The second-order valence-corrected chi connectivity index (χ2v) is 10.8. The third kappa shape index (κ3) is 6.21. The number of carbonyl (C=O) groups excluding carboxylic acids is 2. The van der Waals surface area contributed by atoms with E-state index in [1.54, 1.807) is 36.2 Å². The molecule has 1 fully saturated rings. The molecule has 0 radical (unpaired) electrons. The highest BCUT2D eigenvalue weighted by molar-refractivity contribution is 6.36. The minimum atomic E-state index is -0.697. The Hall–Kier alpha value is -3.94. The molecule has 0 bridgehead atoms. The Kier molecular flexibility index (Phi) is 8.57. The first-order valence-electron chi connectivity index (χ1n) is 13.3. The van der Waals surface area contributed by atoms with Crippen LogP contribution in [0.15, 0.2) is 79.0 Å². The summed E-state index contributed by atoms with van der Waals surface area (Å²) < 4.78 is 20.0. The summed E-state index contributed by atoms with van der Waals surface area (Å²) in [6.45, 7) is 2.76. The molecule has 4 aromatic rings. The number of Topliss-reactive ketones (excluding diaryl/α,β-unsaturated/α-hetero) is 1. The van der Waals surface area contributed by atoms with Crippen molar-refractivity contribution >= 4 is 40.7 Å². The van der Waals surface area contributed by atoms with Crippen molar-refractivity contribution < 1.29 is 18.7 Å². The second kappa shape index (κ2) is 12.3. The van der Waals surface area contributed by atoms with E-state index in [-0.39, 0.29) is 33.5 Å². The Bertz CT molecular complexity index is 1570. The van der Waals surface area contributed by atoms with Crippen molar-refractivity contribution in [3.05, 3.63) is 112 Å². The molecule has 9 heteroatoms. The van der Waals surface area contributed by atoms with Crippen LogP contribution in [0.25, 0.3) is 11.1 Å². The van der Waals surface area contributed by atoms with Crippen LogP contribution in [0.2, 0.25) is 10.0 Å². The number of pyridine rings is 1. The number of anilines is 1. The summed E-state index contributed by atoms with van der Waals surface area (Å²) in [6.07, 6.45) is 2.20. The van der Waals surface area contributed by atoms with Gasteiger partial charge in [-0.1, -0.05) is 65.7 Å². The largest absolute Gasteiger partial charge is 0.482 e. The number of carbonyl (C=O) groups is 2. The molecule has 1 aromatic heterocycles. The second-order valence-electron chi connectivity index (χ2n) is 10.00. The zero-order chi connectivity index (χ0) is 29.1. The molecule has 0 aliphatic carbocycles. The minimum absolute atomic E-state index is 0.0701. The van der Waals surface area contributed by atoms with E-state index in [1.165, 1.54) is 12.1 Å². The molecule has 1 atom stereocenters. The van der Waals surface area contributed by atoms with Gasteiger partial charge in [0.15, 0.2) is 17.4 Å². The zero-order valence-corrected chi connectivity index (χ0v) is 23.8. The van der Waals surface area contributed by atoms with Crippen LogP contribution in [-0.4, -0.2) is 34.7 Å². The van der Waals surface area contributed by atoms with Gasteiger partial charge in [-0.15, -0.1) is 0 Å². The number of nitrogens with zero attached hydrogens (tertiary/aromatic N) is 2. The van der Waals surface area contributed by atoms with Crippen molar-refractivity contribution in [1.29, 1.82) is 0 Å². The highest BCUT2D eigenvalue weighted by Gasteiger charge is 2.28. The summed E-state index contributed by atoms with van der Waals surface area (Å²) in [5, 5.41) is 0.166. The normalized spacial score (nSPS) is 14.5. The molecule has 1 amide bonds. The number of ether oxygens (including phenoxy) is 1. The van der Waals surface area contributed by atoms with Gasteiger partial charge in [-0.05, 0) is 55.7 Å². The van der Waals surface area contributed by atoms with Gasteiger partial charge in [-0.2, -0.15) is 0 Å². The molecule has 1 unspecified atom stereocenters. The molecule has 6 nitrogen and oxygen atoms in total. The first-order chi connectivity index (χ1) is 19.7. The summed E-state index contributed by atoms with van der Waals surface area (Å²) in [5.41, 5.74) is 9.18. The molecule has 1 saturated heterocycles. The number of nitrogen functional groups attached to an aromatic ring is 1. The average Bonchev–Trinajstić information content (AvgIpc) is 3.00. The number of amides is 1. The van der Waals surface area contributed by atoms with Crippen LogP contribution in [0.4, 0.5) is 10.2 Å². The number of aromatic nitrogens is 1. The summed E-state index contributed by atoms with van der Waals surface area (Å²) in [6, 6.07) is 20.8. The summed E-state index contributed by atoms with van der Waals surface area (Å²) in [5.74, 6) is -0.155. The minimum Gasteiger partial charge on any atom is -0.482 e. The Morgan fingerprint density at radius 1 is 0.976 bits per heavy atom. The fraction of sp³-hybridized carbons (Fsp3) is 0.219. The Morgan fingerprint density at radius 2 is 1.66 bits per heavy atom. The number of benzene rings is 3. The van der Waals surface area contributed by atoms with Crippen LogP contribution in [-0.2, 0) is 0 Å². The molecule has 0 saturated carbocycles. The smallest absolute Gasteiger partial charge is 0.253 e. The van der Waals surface area contributed by atoms with E-state index in [0.29, 0.717) is 42.8 Å². The molecule has 41 heavy (non-hydrogen) atoms. The van der Waals surface area contributed by atoms with Gasteiger partial charge in [-0.3, -0.25) is 9.59 Å². The van der Waals surface area contributed by atoms with Crippen LogP contribution in [0, 0.1) is 11.7 Å². The average molecular weight is 592 g/mol. The zero-order valence-electron chi connectivity index (χ0n) is 22.3. The molecular formula is C32H28Cl2FN3O3. The number of halogens is 3. The third-order valence-electron chi connectivity index (χ3n) is 7.35. The van der Waals surface area contributed by atoms with Gasteiger partial charge in [0, 0.05) is 52.5 Å². The van der Waals surface area contributed by atoms with Crippen LogP contribution in [0.3, 0.4) is 0 Å². The summed E-state index contributed by atoms with van der Waals surface area (Å²) >= 11 is 12.4. The van der Waals surface area contributed by atoms with E-state index in [0.717, 1.165) is 16.7 Å². The number of hydrogen-bond donors (Lipinski definition) is 1. The van der Waals surface area contributed by atoms with E-state index in [9.17, 15) is 14.0 Å². The maximum Gasteiger partial charge on any atom is 0.253 e. The van der Waals surface area contributed by atoms with E-state index >= 15 is 0 Å². The molecule has 5 rings (SSSR count). The molecule has 0 spiro atoms. The lowest BCUT2D eigenvalue weighted by atomic mass is 9.88. The van der Waals surface area contributed by atoms with E-state index < -0.39 is 11.9 Å². The van der Waals surface area contributed by atoms with Crippen molar-refractivity contribution in [3.63, 3.8) is 0 Å². The third-order valence-corrected chi connectivity index (χ3v) is 8.06. The van der Waals surface area contributed by atoms with Crippen molar-refractivity contribution in [2.75, 3.05) is 18.8 Å². The fourth-order valence-electron chi connectivity index (χ4n) is 5.04. The maximum atomic E-state index is 14.0. The van der Waals surface area contributed by atoms with Crippen molar-refractivity contribution in [1.82, 2.24) is 9.88 Å². The van der Waals surface area contributed by atoms with Gasteiger partial charge in [0.2, 0.25) is 0 Å². The summed E-state index contributed by atoms with van der Waals surface area (Å²) in [7, 11) is 0. The lowest BCUT2D eigenvalue weighted by Gasteiger charge is -2.31. The van der Waals surface area contributed by atoms with Gasteiger partial charge in [-0.25, -0.2) is 9.37 Å². The highest BCUT2D eigenvalue weighted by Crippen LogP contribution is 2.37. The number of hydrogen-bond acceptors (Lipinski definition) is 5. The first-order valence-corrected chi connectivity index (χ1v) is 14.0. The SMILES string of the molecule is CC(Oc1cc(-c2ccc(C(=O)N3CCC(C(=O)c4ccccc4)CC3)cc2)cnc1N)c1c(Cl)ccc(F)c1Cl. The Morgan fingerprint density at radius 3 is 2.34 bits per heavy atom. The van der Waals surface area contributed by atoms with Crippen molar-refractivity contribution in [3.8, 4) is 16.9 Å². The molecule has 210 valence electrons. The van der Waals surface area contributed by atoms with Crippen molar-refractivity contribution in [2.24, 2.45) is 5.92 Å². The van der Waals surface area contributed by atoms with Crippen LogP contribution < -0.4 is 10.5 Å². The number of likely N-dealkylation sites (tertiary alicyclic amines) is 1. The fourth-order valence-corrected chi connectivity index (χ4v) is 5.72. The molecule has 2 heterocycles. The van der Waals surface area contributed by atoms with Crippen LogP contribution >= 0.6 is 23.2 Å². The number of ketones is 1. The van der Waals surface area contributed by atoms with Crippen LogP contribution in [0.1, 0.15) is 52.1 Å². The lowest BCUT2D eigenvalue weighted by Crippen LogP contribution is -2.40. The van der Waals surface area contributed by atoms with Crippen LogP contribution in [0.5, 0.6) is 5.75 Å². The van der Waals surface area contributed by atoms with E-state index in [1.807, 2.05) is 42.5 Å². The standard InChI is InChI=1S/C32H28Cl2FN3O3/c1-19(28-25(33)11-12-26(35)29(28)34)41-27-17-24(18-37-31(27)36)20-7-9-23(10-8-20)32(40)38-15-13-22(14-16-38)30(39)21-5-3-2-4-6-21/h2-12,17-19,22H,13-16H2,1H3,(H2,36,37). The van der Waals surface area contributed by atoms with Gasteiger partial charge in [0.1, 0.15) is 11.9 Å². The van der Waals surface area contributed by atoms with Gasteiger partial charge in [0.05, 0.1) is 5.02 Å². The van der Waals surface area contributed by atoms with E-state index in [4.69, 9.17) is 33.7 Å². The molecular weight excluding hydrogens is 564 g/mol. The molecule has 1 aliphatic rings. The monoisotopic (exact) mass is 591 g/mol. The van der Waals surface area contributed by atoms with E-state index in [2.05, 4.69) is 4.98 Å². The molecule has 1 aliphatic heterocycles. The lowest BCUT2D eigenvalue weighted by molar-refractivity contribution is 0.0650. The topological polar surface area (TPSA) is 85.5 Å². The number of nitrogens with two attached hydrogens (primary N) is 1. The molecule has 3 aromatic carbocycles.